The molecule has 0 spiro atoms. The molecule has 0 radical (unpaired) electrons. The fourth-order valence-electron chi connectivity index (χ4n) is 1.36. The fraction of sp³-hybridized carbons (Fsp3) is 0.300. The zero-order valence-corrected chi connectivity index (χ0v) is 10.9. The van der Waals surface area contributed by atoms with Gasteiger partial charge in [0, 0.05) is 9.13 Å². The summed E-state index contributed by atoms with van der Waals surface area (Å²) in [5.41, 5.74) is -3.98. The first kappa shape index (κ1) is 15.3. The van der Waals surface area contributed by atoms with E-state index in [-0.39, 0.29) is 11.6 Å². The Morgan fingerprint density at radius 2 is 1.56 bits per heavy atom. The minimum absolute atomic E-state index is 0.279. The van der Waals surface area contributed by atoms with Gasteiger partial charge in [-0.2, -0.15) is 26.3 Å². The van der Waals surface area contributed by atoms with E-state index in [1.807, 2.05) is 0 Å². The smallest absolute Gasteiger partial charge is 0.294 e. The van der Waals surface area contributed by atoms with Gasteiger partial charge in [-0.15, -0.1) is 0 Å². The fourth-order valence-corrected chi connectivity index (χ4v) is 2.52. The van der Waals surface area contributed by atoms with Crippen LogP contribution in [0.25, 0.3) is 0 Å². The van der Waals surface area contributed by atoms with Crippen molar-refractivity contribution in [2.24, 2.45) is 0 Å². The molecule has 1 nitrogen and oxygen atoms in total. The Kier molecular flexibility index (Phi) is 3.99. The molecule has 0 saturated heterocycles. The highest BCUT2D eigenvalue weighted by Gasteiger charge is 2.45. The van der Waals surface area contributed by atoms with Crippen LogP contribution in [0.4, 0.5) is 26.3 Å². The molecule has 1 aromatic rings. The van der Waals surface area contributed by atoms with E-state index in [1.165, 1.54) is 0 Å². The number of halogens is 7. The largest absolute Gasteiger partial charge is 0.418 e. The molecule has 0 aromatic heterocycles. The van der Waals surface area contributed by atoms with Crippen LogP contribution < -0.4 is 0 Å². The SMILES string of the molecule is CC(=O)c1ccc(C(F)(F)F)c(C(F)(F)F)c1I. The lowest BCUT2D eigenvalue weighted by atomic mass is 10.0. The van der Waals surface area contributed by atoms with Gasteiger partial charge < -0.3 is 0 Å². The molecular formula is C10H5F6IO. The first-order chi connectivity index (χ1) is 7.96. The van der Waals surface area contributed by atoms with Crippen LogP contribution in [0.3, 0.4) is 0 Å². The Morgan fingerprint density at radius 3 is 1.89 bits per heavy atom. The van der Waals surface area contributed by atoms with Crippen LogP contribution in [0.1, 0.15) is 28.4 Å². The molecule has 1 aromatic carbocycles. The average Bonchev–Trinajstić information content (AvgIpc) is 2.12. The van der Waals surface area contributed by atoms with Crippen LogP contribution in [0.15, 0.2) is 12.1 Å². The van der Waals surface area contributed by atoms with Crippen LogP contribution in [-0.2, 0) is 12.4 Å². The molecule has 0 bridgehead atoms. The summed E-state index contributed by atoms with van der Waals surface area (Å²) in [7, 11) is 0. The minimum atomic E-state index is -5.17. The number of hydrogen-bond donors (Lipinski definition) is 0. The molecule has 0 heterocycles. The Bertz CT molecular complexity index is 488. The van der Waals surface area contributed by atoms with Crippen LogP contribution in [0, 0.1) is 3.57 Å². The number of carbonyl (C=O) groups excluding carboxylic acids is 1. The number of Topliss-reactive ketones (excluding diaryl/α,β-unsaturated/α-hetero) is 1. The molecule has 0 amide bonds. The molecule has 0 saturated carbocycles. The van der Waals surface area contributed by atoms with Gasteiger partial charge in [0.25, 0.3) is 0 Å². The maximum atomic E-state index is 12.7. The molecule has 0 fully saturated rings. The summed E-state index contributed by atoms with van der Waals surface area (Å²) in [6.07, 6.45) is -10.3. The lowest BCUT2D eigenvalue weighted by Gasteiger charge is -2.18. The molecule has 18 heavy (non-hydrogen) atoms. The molecule has 8 heteroatoms. The molecular weight excluding hydrogens is 377 g/mol. The van der Waals surface area contributed by atoms with Crippen LogP contribution >= 0.6 is 22.6 Å². The lowest BCUT2D eigenvalue weighted by Crippen LogP contribution is -2.20. The van der Waals surface area contributed by atoms with E-state index in [4.69, 9.17) is 0 Å². The number of rotatable bonds is 1. The molecule has 100 valence electrons. The quantitative estimate of drug-likeness (QED) is 0.396. The third kappa shape index (κ3) is 2.96. The Hall–Kier alpha value is -0.800. The maximum Gasteiger partial charge on any atom is 0.418 e. The minimum Gasteiger partial charge on any atom is -0.294 e. The van der Waals surface area contributed by atoms with Crippen molar-refractivity contribution in [3.05, 3.63) is 32.4 Å². The number of hydrogen-bond acceptors (Lipinski definition) is 1. The lowest BCUT2D eigenvalue weighted by molar-refractivity contribution is -0.162. The van der Waals surface area contributed by atoms with Crippen molar-refractivity contribution in [1.82, 2.24) is 0 Å². The third-order valence-corrected chi connectivity index (χ3v) is 3.23. The van der Waals surface area contributed by atoms with Gasteiger partial charge >= 0.3 is 12.4 Å². The van der Waals surface area contributed by atoms with E-state index < -0.39 is 32.8 Å². The summed E-state index contributed by atoms with van der Waals surface area (Å²) < 4.78 is 74.8. The van der Waals surface area contributed by atoms with E-state index in [0.717, 1.165) is 35.6 Å². The molecule has 0 aliphatic heterocycles. The van der Waals surface area contributed by atoms with E-state index in [0.29, 0.717) is 0 Å². The van der Waals surface area contributed by atoms with E-state index in [9.17, 15) is 31.1 Å². The second kappa shape index (κ2) is 4.71. The third-order valence-electron chi connectivity index (χ3n) is 2.11. The van der Waals surface area contributed by atoms with Crippen molar-refractivity contribution in [3.63, 3.8) is 0 Å². The standard InChI is InChI=1S/C10H5F6IO/c1-4(18)5-2-3-6(9(11,12)13)7(8(5)17)10(14,15)16/h2-3H,1H3. The predicted molar refractivity (Wildman–Crippen MR) is 59.2 cm³/mol. The topological polar surface area (TPSA) is 17.1 Å². The van der Waals surface area contributed by atoms with Crippen LogP contribution in [0.2, 0.25) is 0 Å². The van der Waals surface area contributed by atoms with E-state index in [1.54, 1.807) is 0 Å². The Labute approximate surface area is 111 Å². The van der Waals surface area contributed by atoms with Gasteiger partial charge in [-0.1, -0.05) is 0 Å². The van der Waals surface area contributed by atoms with Crippen molar-refractivity contribution in [3.8, 4) is 0 Å². The van der Waals surface area contributed by atoms with Crippen molar-refractivity contribution in [2.75, 3.05) is 0 Å². The number of ketones is 1. The van der Waals surface area contributed by atoms with Gasteiger partial charge in [-0.05, 0) is 41.6 Å². The van der Waals surface area contributed by atoms with Gasteiger partial charge in [-0.3, -0.25) is 4.79 Å². The average molecular weight is 382 g/mol. The highest BCUT2D eigenvalue weighted by atomic mass is 127. The Balaban J connectivity index is 3.69. The molecule has 0 aliphatic rings. The summed E-state index contributed by atoms with van der Waals surface area (Å²) in [5, 5.41) is 0. The summed E-state index contributed by atoms with van der Waals surface area (Å²) in [6.45, 7) is 0.991. The molecule has 0 atom stereocenters. The monoisotopic (exact) mass is 382 g/mol. The van der Waals surface area contributed by atoms with Crippen molar-refractivity contribution >= 4 is 28.4 Å². The zero-order valence-electron chi connectivity index (χ0n) is 8.71. The van der Waals surface area contributed by atoms with Gasteiger partial charge in [0.2, 0.25) is 0 Å². The second-order valence-electron chi connectivity index (χ2n) is 3.40. The summed E-state index contributed by atoms with van der Waals surface area (Å²) in [4.78, 5) is 11.1. The first-order valence-electron chi connectivity index (χ1n) is 4.44. The van der Waals surface area contributed by atoms with Gasteiger partial charge in [-0.25, -0.2) is 0 Å². The number of alkyl halides is 6. The summed E-state index contributed by atoms with van der Waals surface area (Å²) in [5.74, 6) is -0.723. The van der Waals surface area contributed by atoms with Crippen molar-refractivity contribution in [1.29, 1.82) is 0 Å². The summed E-state index contributed by atoms with van der Waals surface area (Å²) in [6, 6.07) is 1.03. The second-order valence-corrected chi connectivity index (χ2v) is 4.48. The van der Waals surface area contributed by atoms with Crippen LogP contribution in [0.5, 0.6) is 0 Å². The number of benzene rings is 1. The summed E-state index contributed by atoms with van der Waals surface area (Å²) >= 11 is 1.11. The zero-order chi connectivity index (χ0) is 14.3. The predicted octanol–water partition coefficient (Wildman–Crippen LogP) is 4.53. The molecule has 0 unspecified atom stereocenters. The first-order valence-corrected chi connectivity index (χ1v) is 5.52. The normalized spacial score (nSPS) is 12.7. The van der Waals surface area contributed by atoms with Gasteiger partial charge in [0.1, 0.15) is 0 Å². The van der Waals surface area contributed by atoms with E-state index in [2.05, 4.69) is 0 Å². The highest BCUT2D eigenvalue weighted by Crippen LogP contribution is 2.43. The van der Waals surface area contributed by atoms with Gasteiger partial charge in [0.05, 0.1) is 11.1 Å². The van der Waals surface area contributed by atoms with Gasteiger partial charge in [0.15, 0.2) is 5.78 Å². The molecule has 1 rings (SSSR count). The van der Waals surface area contributed by atoms with Crippen molar-refractivity contribution in [2.45, 2.75) is 19.3 Å². The van der Waals surface area contributed by atoms with Crippen LogP contribution in [-0.4, -0.2) is 5.78 Å². The Morgan fingerprint density at radius 1 is 1.06 bits per heavy atom. The van der Waals surface area contributed by atoms with Crippen molar-refractivity contribution < 1.29 is 31.1 Å². The molecule has 0 aliphatic carbocycles. The molecule has 0 N–H and O–H groups in total. The van der Waals surface area contributed by atoms with E-state index >= 15 is 0 Å². The maximum absolute atomic E-state index is 12.7. The number of carbonyl (C=O) groups is 1. The highest BCUT2D eigenvalue weighted by molar-refractivity contribution is 14.1.